The summed E-state index contributed by atoms with van der Waals surface area (Å²) in [7, 11) is 0. The third kappa shape index (κ3) is 4.06. The highest BCUT2D eigenvalue weighted by atomic mass is 32.1. The molecule has 0 atom stereocenters. The molecular formula is C16H26N4OS. The number of amides is 1. The van der Waals surface area contributed by atoms with Crippen LogP contribution in [0.2, 0.25) is 0 Å². The van der Waals surface area contributed by atoms with Crippen LogP contribution in [-0.4, -0.2) is 60.0 Å². The van der Waals surface area contributed by atoms with Crippen molar-refractivity contribution in [2.75, 3.05) is 44.6 Å². The lowest BCUT2D eigenvalue weighted by Gasteiger charge is -2.35. The maximum Gasteiger partial charge on any atom is 0.240 e. The molecule has 1 amide bonds. The number of fused-ring (bicyclic) bond motifs is 1. The van der Waals surface area contributed by atoms with Crippen molar-refractivity contribution in [3.63, 3.8) is 0 Å². The Morgan fingerprint density at radius 2 is 1.95 bits per heavy atom. The first kappa shape index (κ1) is 15.9. The standard InChI is InChI=1S/C16H26N4OS/c1-12(2)10-19-6-8-20(9-7-19)11-15(21)18-16-17-13-4-3-5-14(13)22-16/h12H,3-11H2,1-2H3,(H,17,18,21). The van der Waals surface area contributed by atoms with E-state index in [0.29, 0.717) is 12.5 Å². The van der Waals surface area contributed by atoms with Crippen molar-refractivity contribution >= 4 is 22.4 Å². The van der Waals surface area contributed by atoms with Crippen LogP contribution in [0.25, 0.3) is 0 Å². The highest BCUT2D eigenvalue weighted by molar-refractivity contribution is 7.15. The first-order valence-corrected chi connectivity index (χ1v) is 9.15. The summed E-state index contributed by atoms with van der Waals surface area (Å²) in [6.45, 7) is 10.2. The average Bonchev–Trinajstić information content (AvgIpc) is 3.01. The maximum absolute atomic E-state index is 12.2. The van der Waals surface area contributed by atoms with Crippen LogP contribution in [0.5, 0.6) is 0 Å². The van der Waals surface area contributed by atoms with Crippen LogP contribution in [0.15, 0.2) is 0 Å². The first-order valence-electron chi connectivity index (χ1n) is 8.33. The molecule has 122 valence electrons. The highest BCUT2D eigenvalue weighted by Gasteiger charge is 2.21. The van der Waals surface area contributed by atoms with Crippen molar-refractivity contribution < 1.29 is 4.79 Å². The third-order valence-corrected chi connectivity index (χ3v) is 5.37. The van der Waals surface area contributed by atoms with E-state index in [9.17, 15) is 4.79 Å². The zero-order valence-electron chi connectivity index (χ0n) is 13.6. The Hall–Kier alpha value is -0.980. The number of carbonyl (C=O) groups is 1. The summed E-state index contributed by atoms with van der Waals surface area (Å²) in [5, 5.41) is 3.76. The molecule has 1 aromatic rings. The molecule has 0 aromatic carbocycles. The smallest absolute Gasteiger partial charge is 0.240 e. The molecule has 0 spiro atoms. The monoisotopic (exact) mass is 322 g/mol. The molecule has 6 heteroatoms. The van der Waals surface area contributed by atoms with Gasteiger partial charge in [0.1, 0.15) is 0 Å². The Kier molecular flexibility index (Phi) is 5.10. The Labute approximate surface area is 136 Å². The van der Waals surface area contributed by atoms with E-state index in [4.69, 9.17) is 0 Å². The number of aromatic nitrogens is 1. The van der Waals surface area contributed by atoms with Crippen LogP contribution in [-0.2, 0) is 17.6 Å². The molecule has 2 heterocycles. The molecule has 1 aliphatic carbocycles. The van der Waals surface area contributed by atoms with Gasteiger partial charge in [0.25, 0.3) is 0 Å². The van der Waals surface area contributed by atoms with Crippen LogP contribution in [0.1, 0.15) is 30.8 Å². The van der Waals surface area contributed by atoms with E-state index in [0.717, 1.165) is 50.7 Å². The van der Waals surface area contributed by atoms with E-state index in [1.54, 1.807) is 11.3 Å². The Morgan fingerprint density at radius 1 is 1.23 bits per heavy atom. The molecule has 2 aliphatic rings. The Morgan fingerprint density at radius 3 is 2.64 bits per heavy atom. The summed E-state index contributed by atoms with van der Waals surface area (Å²) in [5.41, 5.74) is 1.20. The lowest BCUT2D eigenvalue weighted by molar-refractivity contribution is -0.117. The molecule has 5 nitrogen and oxygen atoms in total. The maximum atomic E-state index is 12.2. The minimum atomic E-state index is 0.0738. The Bertz CT molecular complexity index is 499. The lowest BCUT2D eigenvalue weighted by atomic mass is 10.2. The van der Waals surface area contributed by atoms with E-state index >= 15 is 0 Å². The molecule has 1 saturated heterocycles. The van der Waals surface area contributed by atoms with Gasteiger partial charge in [0.2, 0.25) is 5.91 Å². The number of carbonyl (C=O) groups excluding carboxylic acids is 1. The predicted molar refractivity (Wildman–Crippen MR) is 90.5 cm³/mol. The summed E-state index contributed by atoms with van der Waals surface area (Å²) in [6.07, 6.45) is 3.41. The molecule has 0 saturated carbocycles. The topological polar surface area (TPSA) is 48.5 Å². The molecule has 1 aromatic heterocycles. The van der Waals surface area contributed by atoms with Crippen LogP contribution < -0.4 is 5.32 Å². The van der Waals surface area contributed by atoms with Gasteiger partial charge in [-0.3, -0.25) is 9.69 Å². The van der Waals surface area contributed by atoms with Gasteiger partial charge in [0, 0.05) is 37.6 Å². The second kappa shape index (κ2) is 7.06. The number of nitrogens with one attached hydrogen (secondary N) is 1. The van der Waals surface area contributed by atoms with Gasteiger partial charge >= 0.3 is 0 Å². The van der Waals surface area contributed by atoms with Crippen molar-refractivity contribution in [3.05, 3.63) is 10.6 Å². The largest absolute Gasteiger partial charge is 0.301 e. The van der Waals surface area contributed by atoms with Gasteiger partial charge in [-0.1, -0.05) is 13.8 Å². The third-order valence-electron chi connectivity index (χ3n) is 4.30. The molecule has 1 fully saturated rings. The SMILES string of the molecule is CC(C)CN1CCN(CC(=O)Nc2nc3c(s2)CCC3)CC1. The summed E-state index contributed by atoms with van der Waals surface area (Å²) >= 11 is 1.65. The number of hydrogen-bond donors (Lipinski definition) is 1. The van der Waals surface area contributed by atoms with Crippen LogP contribution >= 0.6 is 11.3 Å². The van der Waals surface area contributed by atoms with E-state index < -0.39 is 0 Å². The molecule has 1 N–H and O–H groups in total. The second-order valence-corrected chi connectivity index (χ2v) is 7.84. The fourth-order valence-corrected chi connectivity index (χ4v) is 4.32. The van der Waals surface area contributed by atoms with E-state index in [2.05, 4.69) is 33.9 Å². The van der Waals surface area contributed by atoms with Gasteiger partial charge in [-0.15, -0.1) is 11.3 Å². The van der Waals surface area contributed by atoms with Gasteiger partial charge in [-0.2, -0.15) is 0 Å². The highest BCUT2D eigenvalue weighted by Crippen LogP contribution is 2.30. The normalized spacial score (nSPS) is 19.6. The van der Waals surface area contributed by atoms with Crippen molar-refractivity contribution in [1.29, 1.82) is 0 Å². The molecule has 0 bridgehead atoms. The van der Waals surface area contributed by atoms with Gasteiger partial charge < -0.3 is 10.2 Å². The molecular weight excluding hydrogens is 296 g/mol. The lowest BCUT2D eigenvalue weighted by Crippen LogP contribution is -2.49. The van der Waals surface area contributed by atoms with Crippen LogP contribution in [0.4, 0.5) is 5.13 Å². The van der Waals surface area contributed by atoms with Gasteiger partial charge in [-0.05, 0) is 25.2 Å². The Balaban J connectivity index is 1.42. The molecule has 1 aliphatic heterocycles. The second-order valence-electron chi connectivity index (χ2n) is 6.76. The summed E-state index contributed by atoms with van der Waals surface area (Å²) in [5.74, 6) is 0.784. The zero-order valence-corrected chi connectivity index (χ0v) is 14.4. The van der Waals surface area contributed by atoms with Crippen molar-refractivity contribution in [1.82, 2.24) is 14.8 Å². The predicted octanol–water partition coefficient (Wildman–Crippen LogP) is 1.84. The summed E-state index contributed by atoms with van der Waals surface area (Å²) in [6, 6.07) is 0. The number of thiazole rings is 1. The zero-order chi connectivity index (χ0) is 15.5. The van der Waals surface area contributed by atoms with Crippen LogP contribution in [0, 0.1) is 5.92 Å². The van der Waals surface area contributed by atoms with E-state index in [-0.39, 0.29) is 5.91 Å². The number of rotatable bonds is 5. The average molecular weight is 322 g/mol. The van der Waals surface area contributed by atoms with Gasteiger partial charge in [0.15, 0.2) is 5.13 Å². The van der Waals surface area contributed by atoms with E-state index in [1.165, 1.54) is 17.0 Å². The number of anilines is 1. The minimum absolute atomic E-state index is 0.0738. The van der Waals surface area contributed by atoms with Crippen molar-refractivity contribution in [2.24, 2.45) is 5.92 Å². The summed E-state index contributed by atoms with van der Waals surface area (Å²) in [4.78, 5) is 22.8. The fraction of sp³-hybridized carbons (Fsp3) is 0.750. The molecule has 3 rings (SSSR count). The van der Waals surface area contributed by atoms with E-state index in [1.807, 2.05) is 0 Å². The van der Waals surface area contributed by atoms with Gasteiger partial charge in [-0.25, -0.2) is 4.98 Å². The number of nitrogens with zero attached hydrogens (tertiary/aromatic N) is 3. The van der Waals surface area contributed by atoms with Gasteiger partial charge in [0.05, 0.1) is 12.2 Å². The van der Waals surface area contributed by atoms with Crippen molar-refractivity contribution in [3.8, 4) is 0 Å². The molecule has 0 radical (unpaired) electrons. The summed E-state index contributed by atoms with van der Waals surface area (Å²) < 4.78 is 0. The quantitative estimate of drug-likeness (QED) is 0.899. The first-order chi connectivity index (χ1) is 10.6. The number of aryl methyl sites for hydroxylation is 2. The number of piperazine rings is 1. The van der Waals surface area contributed by atoms with Crippen molar-refractivity contribution in [2.45, 2.75) is 33.1 Å². The fourth-order valence-electron chi connectivity index (χ4n) is 3.25. The minimum Gasteiger partial charge on any atom is -0.301 e. The molecule has 22 heavy (non-hydrogen) atoms. The van der Waals surface area contributed by atoms with Crippen LogP contribution in [0.3, 0.4) is 0 Å². The number of hydrogen-bond acceptors (Lipinski definition) is 5. The molecule has 0 unspecified atom stereocenters.